The number of carboxylic acid groups (broad SMARTS) is 2. The van der Waals surface area contributed by atoms with Crippen LogP contribution in [0, 0.1) is 11.8 Å². The van der Waals surface area contributed by atoms with Gasteiger partial charge in [0.2, 0.25) is 23.6 Å². The van der Waals surface area contributed by atoms with Gasteiger partial charge in [0.25, 0.3) is 0 Å². The molecule has 0 aromatic rings. The van der Waals surface area contributed by atoms with Crippen molar-refractivity contribution in [1.82, 2.24) is 16.0 Å². The molecule has 34 heavy (non-hydrogen) atoms. The van der Waals surface area contributed by atoms with Crippen LogP contribution in [0.4, 0.5) is 0 Å². The van der Waals surface area contributed by atoms with E-state index < -0.39 is 78.5 Å². The van der Waals surface area contributed by atoms with Gasteiger partial charge in [-0.3, -0.25) is 24.0 Å². The largest absolute Gasteiger partial charge is 0.481 e. The monoisotopic (exact) mass is 487 g/mol. The van der Waals surface area contributed by atoms with Gasteiger partial charge in [-0.2, -0.15) is 0 Å². The van der Waals surface area contributed by atoms with Crippen LogP contribution < -0.4 is 27.4 Å². The Morgan fingerprint density at radius 2 is 1.32 bits per heavy atom. The summed E-state index contributed by atoms with van der Waals surface area (Å²) in [4.78, 5) is 71.7. The predicted molar refractivity (Wildman–Crippen MR) is 121 cm³/mol. The molecular weight excluding hydrogens is 450 g/mol. The summed E-state index contributed by atoms with van der Waals surface area (Å²) < 4.78 is 0. The van der Waals surface area contributed by atoms with E-state index in [-0.39, 0.29) is 12.3 Å². The number of primary amides is 1. The Labute approximate surface area is 198 Å². The van der Waals surface area contributed by atoms with Crippen LogP contribution in [-0.2, 0) is 28.8 Å². The van der Waals surface area contributed by atoms with Gasteiger partial charge in [-0.05, 0) is 18.3 Å². The van der Waals surface area contributed by atoms with Crippen molar-refractivity contribution in [3.63, 3.8) is 0 Å². The summed E-state index contributed by atoms with van der Waals surface area (Å²) in [6.45, 7) is 6.97. The van der Waals surface area contributed by atoms with Crippen molar-refractivity contribution in [3.05, 3.63) is 0 Å². The summed E-state index contributed by atoms with van der Waals surface area (Å²) in [6, 6.07) is -5.04. The lowest BCUT2D eigenvalue weighted by Crippen LogP contribution is -2.59. The second-order valence-corrected chi connectivity index (χ2v) is 8.35. The highest BCUT2D eigenvalue weighted by Gasteiger charge is 2.33. The number of rotatable bonds is 16. The molecule has 6 unspecified atom stereocenters. The smallest absolute Gasteiger partial charge is 0.326 e. The van der Waals surface area contributed by atoms with E-state index >= 15 is 0 Å². The molecule has 0 aliphatic heterocycles. The standard InChI is InChI=1S/C21H37N5O8/c1-5-10(3)16(23)19(31)24-12(7-8-15(28)29)18(30)26-17(11(4)6-2)20(32)25-13(21(33)34)9-14(22)27/h10-13,16-17H,5-9,23H2,1-4H3,(H2,22,27)(H,24,31)(H,25,32)(H,26,30)(H,28,29)(H,33,34). The van der Waals surface area contributed by atoms with Crippen molar-refractivity contribution in [1.29, 1.82) is 0 Å². The Balaban J connectivity index is 5.67. The number of nitrogens with two attached hydrogens (primary N) is 2. The molecular formula is C21H37N5O8. The molecule has 0 aromatic heterocycles. The second kappa shape index (κ2) is 14.8. The van der Waals surface area contributed by atoms with E-state index in [1.54, 1.807) is 20.8 Å². The first-order valence-electron chi connectivity index (χ1n) is 11.1. The zero-order valence-electron chi connectivity index (χ0n) is 20.0. The molecule has 0 heterocycles. The average molecular weight is 488 g/mol. The third-order valence-corrected chi connectivity index (χ3v) is 5.65. The van der Waals surface area contributed by atoms with Crippen molar-refractivity contribution in [2.24, 2.45) is 23.3 Å². The van der Waals surface area contributed by atoms with Crippen LogP contribution >= 0.6 is 0 Å². The summed E-state index contributed by atoms with van der Waals surface area (Å²) >= 11 is 0. The van der Waals surface area contributed by atoms with Gasteiger partial charge in [0.05, 0.1) is 12.5 Å². The van der Waals surface area contributed by atoms with Crippen LogP contribution in [-0.4, -0.2) is 69.9 Å². The van der Waals surface area contributed by atoms with E-state index in [0.29, 0.717) is 12.8 Å². The van der Waals surface area contributed by atoms with Crippen LogP contribution in [0.2, 0.25) is 0 Å². The molecule has 0 radical (unpaired) electrons. The van der Waals surface area contributed by atoms with E-state index in [2.05, 4.69) is 16.0 Å². The summed E-state index contributed by atoms with van der Waals surface area (Å²) in [6.07, 6.45) is -0.317. The highest BCUT2D eigenvalue weighted by atomic mass is 16.4. The van der Waals surface area contributed by atoms with Gasteiger partial charge >= 0.3 is 11.9 Å². The minimum absolute atomic E-state index is 0.194. The van der Waals surface area contributed by atoms with Crippen molar-refractivity contribution in [3.8, 4) is 0 Å². The SMILES string of the molecule is CCC(C)C(N)C(=O)NC(CCC(=O)O)C(=O)NC(C(=O)NC(CC(N)=O)C(=O)O)C(C)CC. The Bertz CT molecular complexity index is 759. The lowest BCUT2D eigenvalue weighted by molar-refractivity contribution is -0.144. The Kier molecular flexibility index (Phi) is 13.4. The number of carbonyl (C=O) groups is 6. The zero-order valence-corrected chi connectivity index (χ0v) is 20.0. The number of aliphatic carboxylic acids is 2. The summed E-state index contributed by atoms with van der Waals surface area (Å²) in [5, 5.41) is 25.3. The average Bonchev–Trinajstić information content (AvgIpc) is 2.76. The van der Waals surface area contributed by atoms with Crippen LogP contribution in [0.5, 0.6) is 0 Å². The first-order chi connectivity index (χ1) is 15.7. The highest BCUT2D eigenvalue weighted by Crippen LogP contribution is 2.11. The van der Waals surface area contributed by atoms with E-state index in [0.717, 1.165) is 0 Å². The topological polar surface area (TPSA) is 231 Å². The van der Waals surface area contributed by atoms with Crippen molar-refractivity contribution < 1.29 is 39.0 Å². The van der Waals surface area contributed by atoms with Crippen molar-refractivity contribution >= 4 is 35.6 Å². The van der Waals surface area contributed by atoms with Gasteiger partial charge in [-0.1, -0.05) is 40.5 Å². The number of carboxylic acids is 2. The number of hydrogen-bond acceptors (Lipinski definition) is 7. The minimum atomic E-state index is -1.59. The minimum Gasteiger partial charge on any atom is -0.481 e. The third kappa shape index (κ3) is 10.6. The fourth-order valence-electron chi connectivity index (χ4n) is 2.94. The maximum absolute atomic E-state index is 13.0. The van der Waals surface area contributed by atoms with Gasteiger partial charge in [-0.25, -0.2) is 4.79 Å². The first-order valence-corrected chi connectivity index (χ1v) is 11.1. The Hall–Kier alpha value is -3.22. The molecule has 0 aliphatic carbocycles. The van der Waals surface area contributed by atoms with Gasteiger partial charge in [-0.15, -0.1) is 0 Å². The Morgan fingerprint density at radius 1 is 0.794 bits per heavy atom. The molecule has 0 saturated heterocycles. The van der Waals surface area contributed by atoms with Crippen molar-refractivity contribution in [2.75, 3.05) is 0 Å². The molecule has 0 aliphatic rings. The Morgan fingerprint density at radius 3 is 1.76 bits per heavy atom. The molecule has 13 nitrogen and oxygen atoms in total. The van der Waals surface area contributed by atoms with E-state index in [4.69, 9.17) is 16.6 Å². The fraction of sp³-hybridized carbons (Fsp3) is 0.714. The second-order valence-electron chi connectivity index (χ2n) is 8.35. The molecule has 0 spiro atoms. The zero-order chi connectivity index (χ0) is 26.6. The van der Waals surface area contributed by atoms with E-state index in [1.165, 1.54) is 0 Å². The summed E-state index contributed by atoms with van der Waals surface area (Å²) in [7, 11) is 0. The molecule has 194 valence electrons. The highest BCUT2D eigenvalue weighted by molar-refractivity contribution is 5.95. The lowest BCUT2D eigenvalue weighted by atomic mass is 9.96. The van der Waals surface area contributed by atoms with Crippen LogP contribution in [0.25, 0.3) is 0 Å². The quantitative estimate of drug-likeness (QED) is 0.137. The normalized spacial score (nSPS) is 16.1. The van der Waals surface area contributed by atoms with E-state index in [9.17, 15) is 33.9 Å². The molecule has 0 fully saturated rings. The molecule has 0 aromatic carbocycles. The lowest BCUT2D eigenvalue weighted by Gasteiger charge is -2.28. The van der Waals surface area contributed by atoms with Gasteiger partial charge < -0.3 is 37.6 Å². The summed E-state index contributed by atoms with van der Waals surface area (Å²) in [5.41, 5.74) is 10.9. The third-order valence-electron chi connectivity index (χ3n) is 5.65. The van der Waals surface area contributed by atoms with Crippen LogP contribution in [0.1, 0.15) is 59.8 Å². The molecule has 13 heteroatoms. The first kappa shape index (κ1) is 30.8. The molecule has 4 amide bonds. The number of carbonyl (C=O) groups excluding carboxylic acids is 4. The van der Waals surface area contributed by atoms with Gasteiger partial charge in [0, 0.05) is 6.42 Å². The molecule has 0 saturated carbocycles. The maximum atomic E-state index is 13.0. The number of amides is 4. The molecule has 6 atom stereocenters. The van der Waals surface area contributed by atoms with Crippen molar-refractivity contribution in [2.45, 2.75) is 84.0 Å². The van der Waals surface area contributed by atoms with E-state index in [1.807, 2.05) is 6.92 Å². The summed E-state index contributed by atoms with van der Waals surface area (Å²) in [5.74, 6) is -6.60. The fourth-order valence-corrected chi connectivity index (χ4v) is 2.94. The molecule has 9 N–H and O–H groups in total. The number of hydrogen-bond donors (Lipinski definition) is 7. The molecule has 0 rings (SSSR count). The van der Waals surface area contributed by atoms with Gasteiger partial charge in [0.15, 0.2) is 0 Å². The van der Waals surface area contributed by atoms with Gasteiger partial charge in [0.1, 0.15) is 18.1 Å². The molecule has 0 bridgehead atoms. The maximum Gasteiger partial charge on any atom is 0.326 e. The predicted octanol–water partition coefficient (Wildman–Crippen LogP) is -1.31. The number of nitrogens with one attached hydrogen (secondary N) is 3. The van der Waals surface area contributed by atoms with Crippen LogP contribution in [0.15, 0.2) is 0 Å². The van der Waals surface area contributed by atoms with Crippen LogP contribution in [0.3, 0.4) is 0 Å².